The molecule has 0 fully saturated rings. The summed E-state index contributed by atoms with van der Waals surface area (Å²) < 4.78 is 12.8. The third-order valence-electron chi connectivity index (χ3n) is 1.93. The van der Waals surface area contributed by atoms with Crippen molar-refractivity contribution < 1.29 is 4.39 Å². The van der Waals surface area contributed by atoms with Gasteiger partial charge in [-0.05, 0) is 18.2 Å². The third-order valence-corrected chi connectivity index (χ3v) is 1.93. The SMILES string of the molecule is CN1CN=Cc2ccc(F)cc21. The van der Waals surface area contributed by atoms with Gasteiger partial charge in [0.1, 0.15) is 12.5 Å². The van der Waals surface area contributed by atoms with Crippen molar-refractivity contribution in [2.24, 2.45) is 4.99 Å². The van der Waals surface area contributed by atoms with Gasteiger partial charge in [-0.25, -0.2) is 4.39 Å². The van der Waals surface area contributed by atoms with Crippen LogP contribution < -0.4 is 4.90 Å². The molecule has 1 aliphatic rings. The van der Waals surface area contributed by atoms with Gasteiger partial charge in [0.05, 0.1) is 0 Å². The molecule has 62 valence electrons. The zero-order valence-electron chi connectivity index (χ0n) is 6.79. The molecule has 1 heterocycles. The first-order chi connectivity index (χ1) is 5.77. The van der Waals surface area contributed by atoms with Gasteiger partial charge in [0.2, 0.25) is 0 Å². The number of benzene rings is 1. The summed E-state index contributed by atoms with van der Waals surface area (Å²) in [4.78, 5) is 6.02. The van der Waals surface area contributed by atoms with E-state index in [1.165, 1.54) is 12.1 Å². The summed E-state index contributed by atoms with van der Waals surface area (Å²) in [5.74, 6) is -0.198. The smallest absolute Gasteiger partial charge is 0.125 e. The molecular weight excluding hydrogens is 155 g/mol. The van der Waals surface area contributed by atoms with Gasteiger partial charge < -0.3 is 4.90 Å². The number of hydrogen-bond donors (Lipinski definition) is 0. The van der Waals surface area contributed by atoms with E-state index in [1.807, 2.05) is 11.9 Å². The summed E-state index contributed by atoms with van der Waals surface area (Å²) in [6, 6.07) is 4.72. The van der Waals surface area contributed by atoms with Gasteiger partial charge in [0, 0.05) is 24.5 Å². The highest BCUT2D eigenvalue weighted by Gasteiger charge is 2.09. The lowest BCUT2D eigenvalue weighted by Gasteiger charge is -2.22. The number of anilines is 1. The molecule has 1 aromatic rings. The predicted molar refractivity (Wildman–Crippen MR) is 47.3 cm³/mol. The van der Waals surface area contributed by atoms with Crippen molar-refractivity contribution >= 4 is 11.9 Å². The first kappa shape index (κ1) is 7.28. The number of nitrogens with zero attached hydrogens (tertiary/aromatic N) is 2. The lowest BCUT2D eigenvalue weighted by Crippen LogP contribution is -2.21. The van der Waals surface area contributed by atoms with E-state index in [1.54, 1.807) is 12.3 Å². The summed E-state index contributed by atoms with van der Waals surface area (Å²) >= 11 is 0. The average molecular weight is 164 g/mol. The van der Waals surface area contributed by atoms with Gasteiger partial charge in [-0.1, -0.05) is 0 Å². The molecule has 0 unspecified atom stereocenters. The van der Waals surface area contributed by atoms with E-state index in [2.05, 4.69) is 4.99 Å². The van der Waals surface area contributed by atoms with E-state index in [0.29, 0.717) is 6.67 Å². The van der Waals surface area contributed by atoms with Gasteiger partial charge in [0.15, 0.2) is 0 Å². The largest absolute Gasteiger partial charge is 0.355 e. The Labute approximate surface area is 70.3 Å². The van der Waals surface area contributed by atoms with Gasteiger partial charge in [-0.15, -0.1) is 0 Å². The minimum absolute atomic E-state index is 0.198. The maximum Gasteiger partial charge on any atom is 0.125 e. The predicted octanol–water partition coefficient (Wildman–Crippen LogP) is 1.65. The van der Waals surface area contributed by atoms with Crippen LogP contribution >= 0.6 is 0 Å². The second kappa shape index (κ2) is 2.59. The minimum atomic E-state index is -0.198. The molecule has 12 heavy (non-hydrogen) atoms. The Hall–Kier alpha value is -1.38. The van der Waals surface area contributed by atoms with E-state index in [0.717, 1.165) is 11.3 Å². The number of halogens is 1. The molecule has 0 spiro atoms. The molecule has 0 bridgehead atoms. The van der Waals surface area contributed by atoms with Crippen LogP contribution in [0.15, 0.2) is 23.2 Å². The maximum absolute atomic E-state index is 12.8. The Bertz CT molecular complexity index is 333. The quantitative estimate of drug-likeness (QED) is 0.569. The van der Waals surface area contributed by atoms with Crippen LogP contribution in [0.2, 0.25) is 0 Å². The van der Waals surface area contributed by atoms with Crippen molar-refractivity contribution in [3.63, 3.8) is 0 Å². The van der Waals surface area contributed by atoms with Crippen molar-refractivity contribution in [3.05, 3.63) is 29.6 Å². The van der Waals surface area contributed by atoms with Crippen LogP contribution in [0, 0.1) is 5.82 Å². The summed E-state index contributed by atoms with van der Waals surface area (Å²) in [6.07, 6.45) is 1.77. The number of hydrogen-bond acceptors (Lipinski definition) is 2. The molecule has 0 N–H and O–H groups in total. The van der Waals surface area contributed by atoms with Crippen LogP contribution in [-0.2, 0) is 0 Å². The Morgan fingerprint density at radius 3 is 3.17 bits per heavy atom. The second-order valence-electron chi connectivity index (χ2n) is 2.85. The zero-order chi connectivity index (χ0) is 8.55. The van der Waals surface area contributed by atoms with Crippen molar-refractivity contribution in [1.82, 2.24) is 0 Å². The molecule has 0 amide bonds. The molecule has 0 atom stereocenters. The highest BCUT2D eigenvalue weighted by Crippen LogP contribution is 2.21. The Balaban J connectivity index is 2.56. The second-order valence-corrected chi connectivity index (χ2v) is 2.85. The molecule has 2 rings (SSSR count). The van der Waals surface area contributed by atoms with Gasteiger partial charge in [-0.3, -0.25) is 4.99 Å². The molecule has 0 aliphatic carbocycles. The highest BCUT2D eigenvalue weighted by molar-refractivity contribution is 5.89. The van der Waals surface area contributed by atoms with Gasteiger partial charge in [-0.2, -0.15) is 0 Å². The van der Waals surface area contributed by atoms with E-state index in [-0.39, 0.29) is 5.82 Å². The van der Waals surface area contributed by atoms with Gasteiger partial charge in [0.25, 0.3) is 0 Å². The number of aliphatic imine (C=N–C) groups is 1. The standard InChI is InChI=1S/C9H9FN2/c1-12-6-11-5-7-2-3-8(10)4-9(7)12/h2-5H,6H2,1H3. The van der Waals surface area contributed by atoms with Crippen molar-refractivity contribution in [3.8, 4) is 0 Å². The van der Waals surface area contributed by atoms with Gasteiger partial charge >= 0.3 is 0 Å². The fraction of sp³-hybridized carbons (Fsp3) is 0.222. The Morgan fingerprint density at radius 1 is 1.50 bits per heavy atom. The van der Waals surface area contributed by atoms with Crippen molar-refractivity contribution in [2.45, 2.75) is 0 Å². The van der Waals surface area contributed by atoms with Crippen LogP contribution in [0.3, 0.4) is 0 Å². The summed E-state index contributed by atoms with van der Waals surface area (Å²) in [6.45, 7) is 0.608. The number of rotatable bonds is 0. The minimum Gasteiger partial charge on any atom is -0.355 e. The molecule has 1 aliphatic heterocycles. The van der Waals surface area contributed by atoms with Crippen LogP contribution in [0.1, 0.15) is 5.56 Å². The normalized spacial score (nSPS) is 14.7. The van der Waals surface area contributed by atoms with Crippen molar-refractivity contribution in [1.29, 1.82) is 0 Å². The molecule has 0 radical (unpaired) electrons. The van der Waals surface area contributed by atoms with Crippen LogP contribution in [-0.4, -0.2) is 19.9 Å². The summed E-state index contributed by atoms with van der Waals surface area (Å²) in [7, 11) is 1.90. The molecule has 0 saturated carbocycles. The summed E-state index contributed by atoms with van der Waals surface area (Å²) in [5, 5.41) is 0. The molecule has 3 heteroatoms. The Morgan fingerprint density at radius 2 is 2.33 bits per heavy atom. The average Bonchev–Trinajstić information content (AvgIpc) is 2.07. The molecule has 0 saturated heterocycles. The van der Waals surface area contributed by atoms with E-state index >= 15 is 0 Å². The van der Waals surface area contributed by atoms with E-state index in [9.17, 15) is 4.39 Å². The Kier molecular flexibility index (Phi) is 1.57. The first-order valence-corrected chi connectivity index (χ1v) is 3.78. The van der Waals surface area contributed by atoms with Crippen LogP contribution in [0.4, 0.5) is 10.1 Å². The third kappa shape index (κ3) is 1.07. The van der Waals surface area contributed by atoms with Crippen LogP contribution in [0.5, 0.6) is 0 Å². The van der Waals surface area contributed by atoms with E-state index < -0.39 is 0 Å². The summed E-state index contributed by atoms with van der Waals surface area (Å²) in [5.41, 5.74) is 1.88. The molecule has 0 aromatic heterocycles. The van der Waals surface area contributed by atoms with Crippen LogP contribution in [0.25, 0.3) is 0 Å². The monoisotopic (exact) mass is 164 g/mol. The van der Waals surface area contributed by atoms with Crippen molar-refractivity contribution in [2.75, 3.05) is 18.6 Å². The molecule has 1 aromatic carbocycles. The topological polar surface area (TPSA) is 15.6 Å². The maximum atomic E-state index is 12.8. The van der Waals surface area contributed by atoms with E-state index in [4.69, 9.17) is 0 Å². The lowest BCUT2D eigenvalue weighted by atomic mass is 10.1. The zero-order valence-corrected chi connectivity index (χ0v) is 6.79. The fourth-order valence-corrected chi connectivity index (χ4v) is 1.29. The lowest BCUT2D eigenvalue weighted by molar-refractivity contribution is 0.627. The molecular formula is C9H9FN2. The highest BCUT2D eigenvalue weighted by atomic mass is 19.1. The fourth-order valence-electron chi connectivity index (χ4n) is 1.29. The molecule has 2 nitrogen and oxygen atoms in total. The number of fused-ring (bicyclic) bond motifs is 1. The first-order valence-electron chi connectivity index (χ1n) is 3.78.